The first-order chi connectivity index (χ1) is 9.95. The van der Waals surface area contributed by atoms with Crippen molar-refractivity contribution in [2.45, 2.75) is 12.7 Å². The van der Waals surface area contributed by atoms with Gasteiger partial charge in [-0.3, -0.25) is 4.79 Å². The van der Waals surface area contributed by atoms with Gasteiger partial charge in [-0.25, -0.2) is 9.67 Å². The van der Waals surface area contributed by atoms with Crippen LogP contribution >= 0.6 is 0 Å². The summed E-state index contributed by atoms with van der Waals surface area (Å²) in [6.45, 7) is 0.101. The fourth-order valence-electron chi connectivity index (χ4n) is 2.04. The van der Waals surface area contributed by atoms with Gasteiger partial charge < -0.3 is 4.98 Å². The van der Waals surface area contributed by atoms with Crippen LogP contribution in [-0.2, 0) is 12.7 Å². The largest absolute Gasteiger partial charge is 0.416 e. The van der Waals surface area contributed by atoms with E-state index >= 15 is 0 Å². The van der Waals surface area contributed by atoms with Crippen LogP contribution in [0.1, 0.15) is 11.1 Å². The summed E-state index contributed by atoms with van der Waals surface area (Å²) >= 11 is 0. The lowest BCUT2D eigenvalue weighted by molar-refractivity contribution is -0.137. The molecule has 3 rings (SSSR count). The Bertz CT molecular complexity index is 850. The van der Waals surface area contributed by atoms with Crippen LogP contribution < -0.4 is 5.56 Å². The van der Waals surface area contributed by atoms with Gasteiger partial charge in [-0.2, -0.15) is 18.3 Å². The topological polar surface area (TPSA) is 63.6 Å². The van der Waals surface area contributed by atoms with Gasteiger partial charge in [0.25, 0.3) is 5.56 Å². The molecule has 1 aromatic carbocycles. The molecule has 0 amide bonds. The molecule has 2 aromatic heterocycles. The lowest BCUT2D eigenvalue weighted by Crippen LogP contribution is -2.09. The molecule has 0 aliphatic carbocycles. The lowest BCUT2D eigenvalue weighted by atomic mass is 10.1. The second-order valence-corrected chi connectivity index (χ2v) is 4.47. The third-order valence-electron chi connectivity index (χ3n) is 3.03. The molecule has 1 N–H and O–H groups in total. The summed E-state index contributed by atoms with van der Waals surface area (Å²) in [6, 6.07) is 4.97. The summed E-state index contributed by atoms with van der Waals surface area (Å²) < 4.78 is 39.4. The van der Waals surface area contributed by atoms with Gasteiger partial charge in [-0.1, -0.05) is 12.1 Å². The second-order valence-electron chi connectivity index (χ2n) is 4.47. The van der Waals surface area contributed by atoms with Gasteiger partial charge >= 0.3 is 6.18 Å². The third kappa shape index (κ3) is 2.51. The zero-order valence-electron chi connectivity index (χ0n) is 10.6. The molecular weight excluding hydrogens is 285 g/mol. The molecular formula is C13H9F3N4O. The van der Waals surface area contributed by atoms with E-state index in [0.29, 0.717) is 16.6 Å². The molecule has 2 heterocycles. The maximum atomic E-state index is 12.7. The highest BCUT2D eigenvalue weighted by Crippen LogP contribution is 2.29. The maximum Gasteiger partial charge on any atom is 0.416 e. The summed E-state index contributed by atoms with van der Waals surface area (Å²) in [5, 5.41) is 4.29. The quantitative estimate of drug-likeness (QED) is 0.788. The Balaban J connectivity index is 2.00. The van der Waals surface area contributed by atoms with E-state index in [2.05, 4.69) is 15.1 Å². The summed E-state index contributed by atoms with van der Waals surface area (Å²) in [7, 11) is 0. The minimum absolute atomic E-state index is 0.101. The van der Waals surface area contributed by atoms with Gasteiger partial charge in [-0.15, -0.1) is 0 Å². The molecule has 3 aromatic rings. The molecule has 0 radical (unpaired) electrons. The Morgan fingerprint density at radius 3 is 2.86 bits per heavy atom. The van der Waals surface area contributed by atoms with Crippen LogP contribution in [0.5, 0.6) is 0 Å². The van der Waals surface area contributed by atoms with Gasteiger partial charge in [-0.05, 0) is 17.7 Å². The zero-order chi connectivity index (χ0) is 15.0. The molecule has 0 aliphatic rings. The molecule has 5 nitrogen and oxygen atoms in total. The molecule has 8 heteroatoms. The highest BCUT2D eigenvalue weighted by Gasteiger charge is 2.30. The van der Waals surface area contributed by atoms with Crippen LogP contribution in [0.15, 0.2) is 41.6 Å². The van der Waals surface area contributed by atoms with E-state index in [9.17, 15) is 18.0 Å². The first-order valence-corrected chi connectivity index (χ1v) is 6.00. The van der Waals surface area contributed by atoms with Crippen molar-refractivity contribution in [2.75, 3.05) is 0 Å². The normalized spacial score (nSPS) is 12.0. The Labute approximate surface area is 116 Å². The van der Waals surface area contributed by atoms with E-state index in [4.69, 9.17) is 0 Å². The number of aromatic nitrogens is 4. The van der Waals surface area contributed by atoms with E-state index < -0.39 is 11.7 Å². The molecule has 0 fully saturated rings. The minimum atomic E-state index is -4.39. The molecule has 0 spiro atoms. The Morgan fingerprint density at radius 2 is 2.10 bits per heavy atom. The van der Waals surface area contributed by atoms with Crippen molar-refractivity contribution < 1.29 is 13.2 Å². The SMILES string of the molecule is O=c1[nH]cnc2c1cnn2Cc1cccc(C(F)(F)F)c1. The molecule has 0 aliphatic heterocycles. The van der Waals surface area contributed by atoms with Gasteiger partial charge in [0, 0.05) is 0 Å². The number of aromatic amines is 1. The number of rotatable bonds is 2. The Morgan fingerprint density at radius 1 is 1.29 bits per heavy atom. The van der Waals surface area contributed by atoms with Crippen LogP contribution in [0.4, 0.5) is 13.2 Å². The fraction of sp³-hybridized carbons (Fsp3) is 0.154. The molecule has 0 atom stereocenters. The highest BCUT2D eigenvalue weighted by atomic mass is 19.4. The van der Waals surface area contributed by atoms with Crippen LogP contribution in [0.3, 0.4) is 0 Å². The predicted molar refractivity (Wildman–Crippen MR) is 68.7 cm³/mol. The molecule has 0 unspecified atom stereocenters. The number of nitrogens with zero attached hydrogens (tertiary/aromatic N) is 3. The predicted octanol–water partition coefficient (Wildman–Crippen LogP) is 2.19. The Hall–Kier alpha value is -2.64. The third-order valence-corrected chi connectivity index (χ3v) is 3.03. The van der Waals surface area contributed by atoms with E-state index in [1.54, 1.807) is 6.07 Å². The van der Waals surface area contributed by atoms with Crippen LogP contribution in [0.2, 0.25) is 0 Å². The summed E-state index contributed by atoms with van der Waals surface area (Å²) in [5.41, 5.74) is -0.300. The monoisotopic (exact) mass is 294 g/mol. The van der Waals surface area contributed by atoms with Crippen molar-refractivity contribution in [2.24, 2.45) is 0 Å². The first kappa shape index (κ1) is 13.3. The van der Waals surface area contributed by atoms with Crippen LogP contribution in [0.25, 0.3) is 11.0 Å². The van der Waals surface area contributed by atoms with Gasteiger partial charge in [0.2, 0.25) is 0 Å². The Kier molecular flexibility index (Phi) is 3.00. The average molecular weight is 294 g/mol. The zero-order valence-corrected chi connectivity index (χ0v) is 10.6. The van der Waals surface area contributed by atoms with Crippen LogP contribution in [-0.4, -0.2) is 19.7 Å². The summed E-state index contributed by atoms with van der Waals surface area (Å²) in [4.78, 5) is 17.9. The van der Waals surface area contributed by atoms with Gasteiger partial charge in [0.05, 0.1) is 24.6 Å². The van der Waals surface area contributed by atoms with Crippen LogP contribution in [0, 0.1) is 0 Å². The molecule has 0 saturated carbocycles. The average Bonchev–Trinajstić information content (AvgIpc) is 2.83. The van der Waals surface area contributed by atoms with Crippen molar-refractivity contribution in [3.8, 4) is 0 Å². The standard InChI is InChI=1S/C13H9F3N4O/c14-13(15,16)9-3-1-2-8(4-9)6-20-11-10(5-19-20)12(21)18-7-17-11/h1-5,7H,6H2,(H,17,18,21). The van der Waals surface area contributed by atoms with Crippen molar-refractivity contribution in [1.82, 2.24) is 19.7 Å². The maximum absolute atomic E-state index is 12.7. The number of alkyl halides is 3. The molecule has 21 heavy (non-hydrogen) atoms. The molecule has 0 bridgehead atoms. The summed E-state index contributed by atoms with van der Waals surface area (Å²) in [5.74, 6) is 0. The van der Waals surface area contributed by atoms with Crippen molar-refractivity contribution in [3.63, 3.8) is 0 Å². The van der Waals surface area contributed by atoms with Gasteiger partial charge in [0.1, 0.15) is 5.39 Å². The van der Waals surface area contributed by atoms with Crippen molar-refractivity contribution in [1.29, 1.82) is 0 Å². The van der Waals surface area contributed by atoms with E-state index in [1.807, 2.05) is 0 Å². The number of H-pyrrole nitrogens is 1. The number of nitrogens with one attached hydrogen (secondary N) is 1. The summed E-state index contributed by atoms with van der Waals surface area (Å²) in [6.07, 6.45) is -1.82. The molecule has 0 saturated heterocycles. The highest BCUT2D eigenvalue weighted by molar-refractivity contribution is 5.72. The number of benzene rings is 1. The number of fused-ring (bicyclic) bond motifs is 1. The number of halogens is 3. The minimum Gasteiger partial charge on any atom is -0.312 e. The smallest absolute Gasteiger partial charge is 0.312 e. The van der Waals surface area contributed by atoms with Gasteiger partial charge in [0.15, 0.2) is 5.65 Å². The number of hydrogen-bond donors (Lipinski definition) is 1. The number of hydrogen-bond acceptors (Lipinski definition) is 3. The first-order valence-electron chi connectivity index (χ1n) is 6.00. The van der Waals surface area contributed by atoms with E-state index in [0.717, 1.165) is 12.1 Å². The van der Waals surface area contributed by atoms with Crippen molar-refractivity contribution >= 4 is 11.0 Å². The van der Waals surface area contributed by atoms with E-state index in [1.165, 1.54) is 23.3 Å². The molecule has 108 valence electrons. The lowest BCUT2D eigenvalue weighted by Gasteiger charge is -2.09. The van der Waals surface area contributed by atoms with E-state index in [-0.39, 0.29) is 12.1 Å². The fourth-order valence-corrected chi connectivity index (χ4v) is 2.04. The van der Waals surface area contributed by atoms with Crippen molar-refractivity contribution in [3.05, 3.63) is 58.3 Å². The second kappa shape index (κ2) is 4.72.